The molecule has 152 valence electrons. The molecule has 0 atom stereocenters. The summed E-state index contributed by atoms with van der Waals surface area (Å²) < 4.78 is 29.7. The van der Waals surface area contributed by atoms with Crippen LogP contribution in [0.2, 0.25) is 0 Å². The normalized spacial score (nSPS) is 11.2. The average Bonchev–Trinajstić information content (AvgIpc) is 2.74. The van der Waals surface area contributed by atoms with Crippen molar-refractivity contribution in [2.45, 2.75) is 4.90 Å². The van der Waals surface area contributed by atoms with Gasteiger partial charge in [0.25, 0.3) is 11.6 Å². The van der Waals surface area contributed by atoms with Crippen molar-refractivity contribution in [3.8, 4) is 5.75 Å². The van der Waals surface area contributed by atoms with Gasteiger partial charge in [-0.15, -0.1) is 0 Å². The maximum atomic E-state index is 12.3. The summed E-state index contributed by atoms with van der Waals surface area (Å²) in [4.78, 5) is 22.3. The molecule has 0 bridgehead atoms. The highest BCUT2D eigenvalue weighted by molar-refractivity contribution is 7.87. The van der Waals surface area contributed by atoms with Crippen LogP contribution in [0.15, 0.2) is 88.9 Å². The standard InChI is InChI=1S/C20H15N3O6S/c24-20(16-7-5-8-17(13-16)23(25)26)22-21-14-15-6-4-9-18(12-15)29-30(27,28)19-10-2-1-3-11-19/h1-14H,(H,22,24)/b21-14-. The molecule has 0 aliphatic rings. The summed E-state index contributed by atoms with van der Waals surface area (Å²) in [5, 5.41) is 14.6. The number of hydrogen-bond donors (Lipinski definition) is 1. The highest BCUT2D eigenvalue weighted by atomic mass is 32.2. The van der Waals surface area contributed by atoms with Gasteiger partial charge in [-0.25, -0.2) is 5.43 Å². The molecule has 30 heavy (non-hydrogen) atoms. The van der Waals surface area contributed by atoms with Crippen molar-refractivity contribution in [1.29, 1.82) is 0 Å². The number of hydrazone groups is 1. The zero-order valence-electron chi connectivity index (χ0n) is 15.3. The molecule has 1 N–H and O–H groups in total. The molecule has 3 aromatic carbocycles. The smallest absolute Gasteiger partial charge is 0.339 e. The molecule has 0 heterocycles. The number of nitrogens with zero attached hydrogens (tertiary/aromatic N) is 2. The van der Waals surface area contributed by atoms with E-state index in [9.17, 15) is 23.3 Å². The maximum absolute atomic E-state index is 12.3. The van der Waals surface area contributed by atoms with Crippen LogP contribution >= 0.6 is 0 Å². The van der Waals surface area contributed by atoms with E-state index in [0.717, 1.165) is 6.07 Å². The van der Waals surface area contributed by atoms with Crippen LogP contribution in [-0.2, 0) is 10.1 Å². The molecule has 0 saturated heterocycles. The van der Waals surface area contributed by atoms with Crippen molar-refractivity contribution in [2.24, 2.45) is 5.10 Å². The van der Waals surface area contributed by atoms with Crippen molar-refractivity contribution >= 4 is 27.9 Å². The van der Waals surface area contributed by atoms with Gasteiger partial charge in [-0.1, -0.05) is 36.4 Å². The van der Waals surface area contributed by atoms with Crippen LogP contribution in [-0.4, -0.2) is 25.5 Å². The average molecular weight is 425 g/mol. The topological polar surface area (TPSA) is 128 Å². The first-order valence-electron chi connectivity index (χ1n) is 8.53. The minimum absolute atomic E-state index is 0.0216. The van der Waals surface area contributed by atoms with E-state index in [1.165, 1.54) is 48.7 Å². The molecular formula is C20H15N3O6S. The fraction of sp³-hybridized carbons (Fsp3) is 0. The molecule has 0 radical (unpaired) electrons. The Morgan fingerprint density at radius 2 is 1.73 bits per heavy atom. The Labute approximate surface area is 171 Å². The Bertz CT molecular complexity index is 1210. The molecule has 9 nitrogen and oxygen atoms in total. The lowest BCUT2D eigenvalue weighted by Crippen LogP contribution is -2.17. The number of nitro benzene ring substituents is 1. The highest BCUT2D eigenvalue weighted by Gasteiger charge is 2.16. The van der Waals surface area contributed by atoms with Crippen LogP contribution in [0.1, 0.15) is 15.9 Å². The van der Waals surface area contributed by atoms with Crippen molar-refractivity contribution in [1.82, 2.24) is 5.43 Å². The van der Waals surface area contributed by atoms with Crippen LogP contribution in [0.5, 0.6) is 5.75 Å². The van der Waals surface area contributed by atoms with Gasteiger partial charge in [-0.2, -0.15) is 13.5 Å². The molecule has 0 fully saturated rings. The number of rotatable bonds is 7. The van der Waals surface area contributed by atoms with Gasteiger partial charge in [0.1, 0.15) is 10.6 Å². The van der Waals surface area contributed by atoms with Gasteiger partial charge in [0.2, 0.25) is 0 Å². The predicted molar refractivity (Wildman–Crippen MR) is 109 cm³/mol. The largest absolute Gasteiger partial charge is 0.379 e. The van der Waals surface area contributed by atoms with Crippen molar-refractivity contribution in [2.75, 3.05) is 0 Å². The quantitative estimate of drug-likeness (QED) is 0.268. The van der Waals surface area contributed by atoms with E-state index in [1.807, 2.05) is 0 Å². The fourth-order valence-corrected chi connectivity index (χ4v) is 3.34. The van der Waals surface area contributed by atoms with Gasteiger partial charge in [0, 0.05) is 17.7 Å². The van der Waals surface area contributed by atoms with E-state index >= 15 is 0 Å². The van der Waals surface area contributed by atoms with Gasteiger partial charge in [0.05, 0.1) is 11.1 Å². The number of carbonyl (C=O) groups is 1. The second kappa shape index (κ2) is 8.97. The zero-order valence-corrected chi connectivity index (χ0v) is 16.2. The van der Waals surface area contributed by atoms with Gasteiger partial charge < -0.3 is 4.18 Å². The lowest BCUT2D eigenvalue weighted by molar-refractivity contribution is -0.384. The number of non-ortho nitro benzene ring substituents is 1. The molecule has 0 saturated carbocycles. The summed E-state index contributed by atoms with van der Waals surface area (Å²) in [7, 11) is -3.98. The number of amides is 1. The molecule has 0 unspecified atom stereocenters. The molecule has 0 aliphatic carbocycles. The zero-order chi connectivity index (χ0) is 21.6. The third-order valence-electron chi connectivity index (χ3n) is 3.79. The summed E-state index contributed by atoms with van der Waals surface area (Å²) in [6.07, 6.45) is 1.29. The van der Waals surface area contributed by atoms with Crippen LogP contribution in [0.3, 0.4) is 0 Å². The van der Waals surface area contributed by atoms with Gasteiger partial charge in [-0.05, 0) is 35.9 Å². The van der Waals surface area contributed by atoms with Crippen molar-refractivity contribution in [3.05, 3.63) is 100 Å². The van der Waals surface area contributed by atoms with Crippen molar-refractivity contribution < 1.29 is 22.3 Å². The first-order valence-corrected chi connectivity index (χ1v) is 9.93. The monoisotopic (exact) mass is 425 g/mol. The summed E-state index contributed by atoms with van der Waals surface area (Å²) in [5.41, 5.74) is 2.59. The predicted octanol–water partition coefficient (Wildman–Crippen LogP) is 3.13. The molecule has 10 heteroatoms. The SMILES string of the molecule is O=C(N/N=C\c1cccc(OS(=O)(=O)c2ccccc2)c1)c1cccc([N+](=O)[O-])c1. The summed E-state index contributed by atoms with van der Waals surface area (Å²) >= 11 is 0. The van der Waals surface area contributed by atoms with Crippen molar-refractivity contribution in [3.63, 3.8) is 0 Å². The lowest BCUT2D eigenvalue weighted by atomic mass is 10.2. The Kier molecular flexibility index (Phi) is 6.18. The minimum atomic E-state index is -3.98. The number of nitrogens with one attached hydrogen (secondary N) is 1. The van der Waals surface area contributed by atoms with Gasteiger partial charge in [0.15, 0.2) is 0 Å². The summed E-state index contributed by atoms with van der Waals surface area (Å²) in [6, 6.07) is 19.0. The van der Waals surface area contributed by atoms with Gasteiger partial charge in [-0.3, -0.25) is 14.9 Å². The van der Waals surface area contributed by atoms with E-state index in [0.29, 0.717) is 5.56 Å². The van der Waals surface area contributed by atoms with E-state index in [-0.39, 0.29) is 21.9 Å². The van der Waals surface area contributed by atoms with E-state index in [1.54, 1.807) is 30.3 Å². The molecule has 1 amide bonds. The minimum Gasteiger partial charge on any atom is -0.379 e. The molecule has 0 spiro atoms. The molecule has 3 rings (SSSR count). The third kappa shape index (κ3) is 5.26. The maximum Gasteiger partial charge on any atom is 0.339 e. The van der Waals surface area contributed by atoms with E-state index in [4.69, 9.17) is 4.18 Å². The van der Waals surface area contributed by atoms with Crippen LogP contribution < -0.4 is 9.61 Å². The van der Waals surface area contributed by atoms with Gasteiger partial charge >= 0.3 is 10.1 Å². The number of nitro groups is 1. The Balaban J connectivity index is 1.68. The third-order valence-corrected chi connectivity index (χ3v) is 5.06. The first kappa shape index (κ1) is 20.7. The Hall–Kier alpha value is -4.05. The van der Waals surface area contributed by atoms with Crippen LogP contribution in [0.4, 0.5) is 5.69 Å². The number of hydrogen-bond acceptors (Lipinski definition) is 7. The molecule has 0 aromatic heterocycles. The van der Waals surface area contributed by atoms with E-state index in [2.05, 4.69) is 10.5 Å². The molecular weight excluding hydrogens is 410 g/mol. The number of carbonyl (C=O) groups excluding carboxylic acids is 1. The molecule has 3 aromatic rings. The molecule has 0 aliphatic heterocycles. The Morgan fingerprint density at radius 3 is 2.47 bits per heavy atom. The second-order valence-electron chi connectivity index (χ2n) is 5.93. The number of benzene rings is 3. The summed E-state index contributed by atoms with van der Waals surface area (Å²) in [5.74, 6) is -0.554. The second-order valence-corrected chi connectivity index (χ2v) is 7.48. The van der Waals surface area contributed by atoms with Crippen LogP contribution in [0.25, 0.3) is 0 Å². The highest BCUT2D eigenvalue weighted by Crippen LogP contribution is 2.19. The van der Waals surface area contributed by atoms with Crippen LogP contribution in [0, 0.1) is 10.1 Å². The Morgan fingerprint density at radius 1 is 1.00 bits per heavy atom. The summed E-state index contributed by atoms with van der Waals surface area (Å²) in [6.45, 7) is 0. The lowest BCUT2D eigenvalue weighted by Gasteiger charge is -2.07. The fourth-order valence-electron chi connectivity index (χ4n) is 2.40. The first-order chi connectivity index (χ1) is 14.3. The van der Waals surface area contributed by atoms with E-state index < -0.39 is 20.9 Å².